The van der Waals surface area contributed by atoms with Crippen LogP contribution in [0.5, 0.6) is 0 Å². The maximum absolute atomic E-state index is 12.3. The summed E-state index contributed by atoms with van der Waals surface area (Å²) in [6.07, 6.45) is 4.94. The third-order valence-electron chi connectivity index (χ3n) is 3.95. The average molecular weight is 333 g/mol. The predicted molar refractivity (Wildman–Crippen MR) is 86.4 cm³/mol. The molecule has 3 rings (SSSR count). The predicted octanol–water partition coefficient (Wildman–Crippen LogP) is 3.08. The Hall–Kier alpha value is -2.08. The molecule has 1 aliphatic rings. The van der Waals surface area contributed by atoms with E-state index in [1.165, 1.54) is 11.3 Å². The maximum atomic E-state index is 12.3. The Labute approximate surface area is 138 Å². The largest absolute Gasteiger partial charge is 0.467 e. The van der Waals surface area contributed by atoms with E-state index in [0.717, 1.165) is 24.8 Å². The van der Waals surface area contributed by atoms with Gasteiger partial charge in [0.25, 0.3) is 5.91 Å². The molecule has 2 aromatic heterocycles. The molecule has 122 valence electrons. The van der Waals surface area contributed by atoms with Crippen LogP contribution >= 0.6 is 11.3 Å². The van der Waals surface area contributed by atoms with Crippen molar-refractivity contribution in [3.05, 3.63) is 45.5 Å². The zero-order valence-electron chi connectivity index (χ0n) is 13.0. The van der Waals surface area contributed by atoms with E-state index in [1.807, 2.05) is 5.38 Å². The molecule has 0 aliphatic heterocycles. The number of amides is 1. The lowest BCUT2D eigenvalue weighted by molar-refractivity contribution is -0.129. The van der Waals surface area contributed by atoms with Gasteiger partial charge >= 0.3 is 5.97 Å². The van der Waals surface area contributed by atoms with Gasteiger partial charge in [0.1, 0.15) is 5.76 Å². The molecule has 1 atom stereocenters. The summed E-state index contributed by atoms with van der Waals surface area (Å²) in [7, 11) is 0. The van der Waals surface area contributed by atoms with Crippen LogP contribution in [0.25, 0.3) is 0 Å². The smallest absolute Gasteiger partial charge is 0.340 e. The van der Waals surface area contributed by atoms with Crippen molar-refractivity contribution in [2.75, 3.05) is 0 Å². The van der Waals surface area contributed by atoms with Crippen LogP contribution in [0.15, 0.2) is 28.2 Å². The molecule has 0 saturated heterocycles. The zero-order valence-corrected chi connectivity index (χ0v) is 13.8. The number of aryl methyl sites for hydroxylation is 1. The number of hydrogen-bond acceptors (Lipinski definition) is 5. The first-order valence-corrected chi connectivity index (χ1v) is 8.63. The molecular weight excluding hydrogens is 314 g/mol. The van der Waals surface area contributed by atoms with Gasteiger partial charge in [0.15, 0.2) is 6.10 Å². The lowest BCUT2D eigenvalue weighted by Crippen LogP contribution is -2.35. The Bertz CT molecular complexity index is 690. The minimum atomic E-state index is -0.836. The summed E-state index contributed by atoms with van der Waals surface area (Å²) in [5.41, 5.74) is 1.73. The number of carbonyl (C=O) groups excluding carboxylic acids is 2. The quantitative estimate of drug-likeness (QED) is 0.854. The lowest BCUT2D eigenvalue weighted by atomic mass is 9.96. The van der Waals surface area contributed by atoms with Crippen molar-refractivity contribution in [1.29, 1.82) is 0 Å². The molecule has 0 fully saturated rings. The number of ether oxygens (including phenoxy) is 1. The summed E-state index contributed by atoms with van der Waals surface area (Å²) >= 11 is 1.61. The van der Waals surface area contributed by atoms with Crippen molar-refractivity contribution in [2.24, 2.45) is 0 Å². The maximum Gasteiger partial charge on any atom is 0.340 e. The fourth-order valence-electron chi connectivity index (χ4n) is 2.67. The monoisotopic (exact) mass is 333 g/mol. The van der Waals surface area contributed by atoms with Gasteiger partial charge < -0.3 is 14.5 Å². The topological polar surface area (TPSA) is 68.5 Å². The molecule has 0 unspecified atom stereocenters. The van der Waals surface area contributed by atoms with Crippen molar-refractivity contribution in [3.8, 4) is 0 Å². The molecule has 2 aromatic rings. The van der Waals surface area contributed by atoms with Crippen molar-refractivity contribution < 1.29 is 18.7 Å². The number of nitrogens with one attached hydrogen (secondary N) is 1. The van der Waals surface area contributed by atoms with Crippen molar-refractivity contribution in [3.63, 3.8) is 0 Å². The van der Waals surface area contributed by atoms with Gasteiger partial charge in [-0.1, -0.05) is 0 Å². The Morgan fingerprint density at radius 1 is 1.39 bits per heavy atom. The Balaban J connectivity index is 1.56. The normalized spacial score (nSPS) is 14.8. The highest BCUT2D eigenvalue weighted by molar-refractivity contribution is 7.10. The fraction of sp³-hybridized carbons (Fsp3) is 0.412. The van der Waals surface area contributed by atoms with Gasteiger partial charge in [0, 0.05) is 10.3 Å². The number of carbonyl (C=O) groups is 2. The molecule has 5 nitrogen and oxygen atoms in total. The minimum Gasteiger partial charge on any atom is -0.467 e. The second kappa shape index (κ2) is 7.00. The van der Waals surface area contributed by atoms with Gasteiger partial charge in [-0.3, -0.25) is 4.79 Å². The van der Waals surface area contributed by atoms with Gasteiger partial charge in [0.05, 0.1) is 18.4 Å². The van der Waals surface area contributed by atoms with Crippen LogP contribution in [0.3, 0.4) is 0 Å². The first-order chi connectivity index (χ1) is 11.1. The Morgan fingerprint density at radius 2 is 2.22 bits per heavy atom. The highest BCUT2D eigenvalue weighted by Crippen LogP contribution is 2.30. The minimum absolute atomic E-state index is 0.279. The van der Waals surface area contributed by atoms with Crippen LogP contribution in [0.2, 0.25) is 0 Å². The van der Waals surface area contributed by atoms with Crippen LogP contribution in [-0.2, 0) is 28.9 Å². The van der Waals surface area contributed by atoms with Gasteiger partial charge in [0.2, 0.25) is 0 Å². The van der Waals surface area contributed by atoms with Crippen molar-refractivity contribution in [1.82, 2.24) is 5.32 Å². The molecule has 0 saturated carbocycles. The van der Waals surface area contributed by atoms with E-state index in [1.54, 1.807) is 36.7 Å². The summed E-state index contributed by atoms with van der Waals surface area (Å²) in [4.78, 5) is 25.6. The molecule has 2 heterocycles. The third kappa shape index (κ3) is 3.64. The zero-order chi connectivity index (χ0) is 16.2. The molecule has 0 spiro atoms. The highest BCUT2D eigenvalue weighted by Gasteiger charge is 2.24. The van der Waals surface area contributed by atoms with Crippen molar-refractivity contribution >= 4 is 23.2 Å². The molecule has 23 heavy (non-hydrogen) atoms. The molecule has 0 aromatic carbocycles. The van der Waals surface area contributed by atoms with Crippen LogP contribution < -0.4 is 5.32 Å². The number of rotatable bonds is 5. The van der Waals surface area contributed by atoms with E-state index in [4.69, 9.17) is 9.15 Å². The number of thiophene rings is 1. The van der Waals surface area contributed by atoms with Gasteiger partial charge in [-0.25, -0.2) is 4.79 Å². The lowest BCUT2D eigenvalue weighted by Gasteiger charge is -2.15. The summed E-state index contributed by atoms with van der Waals surface area (Å²) in [6, 6.07) is 3.53. The van der Waals surface area contributed by atoms with Gasteiger partial charge in [-0.05, 0) is 50.3 Å². The van der Waals surface area contributed by atoms with Crippen molar-refractivity contribution in [2.45, 2.75) is 45.3 Å². The van der Waals surface area contributed by atoms with Gasteiger partial charge in [-0.15, -0.1) is 11.3 Å². The van der Waals surface area contributed by atoms with Crippen LogP contribution in [0.4, 0.5) is 0 Å². The van der Waals surface area contributed by atoms with Crippen LogP contribution in [0.1, 0.15) is 46.3 Å². The SMILES string of the molecule is C[C@H](OC(=O)c1csc2c1CCCC2)C(=O)NCc1ccco1. The number of esters is 1. The standard InChI is InChI=1S/C17H19NO4S/c1-11(16(19)18-9-12-5-4-8-21-12)22-17(20)14-10-23-15-7-3-2-6-13(14)15/h4-5,8,10-11H,2-3,6-7,9H2,1H3,(H,18,19)/t11-/m0/s1. The molecule has 0 bridgehead atoms. The average Bonchev–Trinajstić information content (AvgIpc) is 3.21. The first kappa shape index (κ1) is 15.8. The van der Waals surface area contributed by atoms with E-state index in [0.29, 0.717) is 11.3 Å². The Morgan fingerprint density at radius 3 is 3.00 bits per heavy atom. The summed E-state index contributed by atoms with van der Waals surface area (Å²) in [5, 5.41) is 4.54. The van der Waals surface area contributed by atoms with Crippen LogP contribution in [-0.4, -0.2) is 18.0 Å². The fourth-order valence-corrected chi connectivity index (χ4v) is 3.79. The molecule has 0 radical (unpaired) electrons. The first-order valence-electron chi connectivity index (χ1n) is 7.75. The number of furan rings is 1. The number of fused-ring (bicyclic) bond motifs is 1. The third-order valence-corrected chi connectivity index (χ3v) is 5.04. The highest BCUT2D eigenvalue weighted by atomic mass is 32.1. The second-order valence-corrected chi connectivity index (χ2v) is 6.57. The summed E-state index contributed by atoms with van der Waals surface area (Å²) in [6.45, 7) is 1.86. The number of hydrogen-bond donors (Lipinski definition) is 1. The molecule has 1 amide bonds. The van der Waals surface area contributed by atoms with E-state index < -0.39 is 12.1 Å². The van der Waals surface area contributed by atoms with E-state index in [9.17, 15) is 9.59 Å². The van der Waals surface area contributed by atoms with E-state index >= 15 is 0 Å². The summed E-state index contributed by atoms with van der Waals surface area (Å²) in [5.74, 6) is -0.0901. The molecular formula is C17H19NO4S. The summed E-state index contributed by atoms with van der Waals surface area (Å²) < 4.78 is 10.5. The van der Waals surface area contributed by atoms with Gasteiger partial charge in [-0.2, -0.15) is 0 Å². The van der Waals surface area contributed by atoms with Crippen LogP contribution in [0, 0.1) is 0 Å². The Kier molecular flexibility index (Phi) is 4.81. The molecule has 1 aliphatic carbocycles. The molecule has 6 heteroatoms. The molecule has 1 N–H and O–H groups in total. The van der Waals surface area contributed by atoms with E-state index in [-0.39, 0.29) is 12.5 Å². The second-order valence-electron chi connectivity index (χ2n) is 5.60. The van der Waals surface area contributed by atoms with E-state index in [2.05, 4.69) is 5.32 Å².